The highest BCUT2D eigenvalue weighted by molar-refractivity contribution is 6.37. The summed E-state index contributed by atoms with van der Waals surface area (Å²) in [5.74, 6) is 0.999. The first-order valence-electron chi connectivity index (χ1n) is 8.04. The van der Waals surface area contributed by atoms with Crippen LogP contribution in [0, 0.1) is 0 Å². The number of benzene rings is 3. The van der Waals surface area contributed by atoms with Crippen LogP contribution in [0.1, 0.15) is 15.9 Å². The quantitative estimate of drug-likeness (QED) is 0.386. The van der Waals surface area contributed by atoms with Crippen molar-refractivity contribution in [3.8, 4) is 11.5 Å². The van der Waals surface area contributed by atoms with E-state index in [1.165, 1.54) is 6.07 Å². The molecule has 0 aliphatic rings. The van der Waals surface area contributed by atoms with Gasteiger partial charge in [0.2, 0.25) is 0 Å². The van der Waals surface area contributed by atoms with Crippen LogP contribution < -0.4 is 9.47 Å². The Kier molecular flexibility index (Phi) is 6.16. The number of ketones is 1. The molecule has 0 bridgehead atoms. The third-order valence-corrected chi connectivity index (χ3v) is 4.26. The Balaban J connectivity index is 1.64. The first-order chi connectivity index (χ1) is 12.6. The van der Waals surface area contributed by atoms with Gasteiger partial charge in [0, 0.05) is 17.2 Å². The van der Waals surface area contributed by atoms with Crippen LogP contribution in [0.5, 0.6) is 11.5 Å². The molecule has 3 rings (SSSR count). The summed E-state index contributed by atoms with van der Waals surface area (Å²) in [5.41, 5.74) is 0.895. The molecule has 3 nitrogen and oxygen atoms in total. The van der Waals surface area contributed by atoms with Crippen molar-refractivity contribution >= 4 is 29.0 Å². The first kappa shape index (κ1) is 18.3. The van der Waals surface area contributed by atoms with Gasteiger partial charge in [-0.15, -0.1) is 0 Å². The third kappa shape index (κ3) is 4.57. The molecule has 0 saturated carbocycles. The van der Waals surface area contributed by atoms with Gasteiger partial charge in [0.15, 0.2) is 5.78 Å². The van der Waals surface area contributed by atoms with Gasteiger partial charge in [-0.3, -0.25) is 4.79 Å². The zero-order valence-corrected chi connectivity index (χ0v) is 15.3. The van der Waals surface area contributed by atoms with E-state index in [1.54, 1.807) is 30.3 Å². The number of hydrogen-bond acceptors (Lipinski definition) is 3. The molecule has 0 fully saturated rings. The molecular formula is C21H16Cl2O3. The van der Waals surface area contributed by atoms with Crippen molar-refractivity contribution in [2.75, 3.05) is 13.2 Å². The van der Waals surface area contributed by atoms with Crippen molar-refractivity contribution in [1.82, 2.24) is 0 Å². The number of ether oxygens (including phenoxy) is 2. The summed E-state index contributed by atoms with van der Waals surface area (Å²) in [6, 6.07) is 21.5. The minimum atomic E-state index is -0.184. The van der Waals surface area contributed by atoms with Gasteiger partial charge in [-0.2, -0.15) is 0 Å². The lowest BCUT2D eigenvalue weighted by atomic mass is 10.0. The smallest absolute Gasteiger partial charge is 0.194 e. The lowest BCUT2D eigenvalue weighted by molar-refractivity contribution is 0.103. The Morgan fingerprint density at radius 3 is 2.08 bits per heavy atom. The van der Waals surface area contributed by atoms with E-state index in [2.05, 4.69) is 0 Å². The molecule has 0 amide bonds. The Bertz CT molecular complexity index is 881. The Morgan fingerprint density at radius 2 is 1.38 bits per heavy atom. The highest BCUT2D eigenvalue weighted by Crippen LogP contribution is 2.32. The van der Waals surface area contributed by atoms with E-state index in [9.17, 15) is 4.79 Å². The van der Waals surface area contributed by atoms with Crippen molar-refractivity contribution in [2.24, 2.45) is 0 Å². The molecule has 3 aromatic rings. The molecule has 5 heteroatoms. The molecule has 0 unspecified atom stereocenters. The van der Waals surface area contributed by atoms with Crippen LogP contribution in [-0.2, 0) is 0 Å². The van der Waals surface area contributed by atoms with Crippen LogP contribution in [-0.4, -0.2) is 19.0 Å². The SMILES string of the molecule is O=C(c1ccccc1)c1cc(Cl)c(OCCOc2ccccc2)cc1Cl. The maximum atomic E-state index is 12.5. The molecule has 3 aromatic carbocycles. The van der Waals surface area contributed by atoms with Gasteiger partial charge in [0.1, 0.15) is 24.7 Å². The van der Waals surface area contributed by atoms with E-state index < -0.39 is 0 Å². The molecule has 0 aliphatic carbocycles. The van der Waals surface area contributed by atoms with Crippen LogP contribution in [0.2, 0.25) is 10.0 Å². The number of halogens is 2. The molecule has 0 saturated heterocycles. The zero-order chi connectivity index (χ0) is 18.4. The number of rotatable bonds is 7. The monoisotopic (exact) mass is 386 g/mol. The van der Waals surface area contributed by atoms with Gasteiger partial charge < -0.3 is 9.47 Å². The molecule has 0 N–H and O–H groups in total. The summed E-state index contributed by atoms with van der Waals surface area (Å²) in [7, 11) is 0. The molecule has 0 atom stereocenters. The number of carbonyl (C=O) groups is 1. The summed E-state index contributed by atoms with van der Waals surface area (Å²) in [4.78, 5) is 12.5. The second-order valence-electron chi connectivity index (χ2n) is 5.47. The summed E-state index contributed by atoms with van der Waals surface area (Å²) in [6.07, 6.45) is 0. The van der Waals surface area contributed by atoms with Gasteiger partial charge in [-0.25, -0.2) is 0 Å². The highest BCUT2D eigenvalue weighted by atomic mass is 35.5. The second kappa shape index (κ2) is 8.75. The number of hydrogen-bond donors (Lipinski definition) is 0. The van der Waals surface area contributed by atoms with Gasteiger partial charge in [-0.05, 0) is 18.2 Å². The largest absolute Gasteiger partial charge is 0.490 e. The fourth-order valence-electron chi connectivity index (χ4n) is 2.39. The lowest BCUT2D eigenvalue weighted by Crippen LogP contribution is -2.10. The van der Waals surface area contributed by atoms with E-state index in [0.29, 0.717) is 40.1 Å². The van der Waals surface area contributed by atoms with Crippen LogP contribution in [0.4, 0.5) is 0 Å². The first-order valence-corrected chi connectivity index (χ1v) is 8.80. The minimum absolute atomic E-state index is 0.184. The maximum absolute atomic E-state index is 12.5. The highest BCUT2D eigenvalue weighted by Gasteiger charge is 2.16. The van der Waals surface area contributed by atoms with E-state index >= 15 is 0 Å². The van der Waals surface area contributed by atoms with Crippen molar-refractivity contribution in [3.63, 3.8) is 0 Å². The summed E-state index contributed by atoms with van der Waals surface area (Å²) in [5, 5.41) is 0.621. The number of carbonyl (C=O) groups excluding carboxylic acids is 1. The van der Waals surface area contributed by atoms with Gasteiger partial charge in [0.05, 0.1) is 10.0 Å². The average Bonchev–Trinajstić information content (AvgIpc) is 2.68. The third-order valence-electron chi connectivity index (χ3n) is 3.66. The zero-order valence-electron chi connectivity index (χ0n) is 13.8. The molecular weight excluding hydrogens is 371 g/mol. The van der Waals surface area contributed by atoms with Crippen LogP contribution >= 0.6 is 23.2 Å². The normalized spacial score (nSPS) is 10.4. The molecule has 26 heavy (non-hydrogen) atoms. The average molecular weight is 387 g/mol. The van der Waals surface area contributed by atoms with Crippen LogP contribution in [0.3, 0.4) is 0 Å². The Labute approximate surface area is 162 Å². The standard InChI is InChI=1S/C21H16Cl2O3/c22-18-14-20(26-12-11-25-16-9-5-2-6-10-16)19(23)13-17(18)21(24)15-7-3-1-4-8-15/h1-10,13-14H,11-12H2. The van der Waals surface area contributed by atoms with E-state index in [1.807, 2.05) is 36.4 Å². The Morgan fingerprint density at radius 1 is 0.769 bits per heavy atom. The second-order valence-corrected chi connectivity index (χ2v) is 6.28. The van der Waals surface area contributed by atoms with Crippen molar-refractivity contribution in [2.45, 2.75) is 0 Å². The minimum Gasteiger partial charge on any atom is -0.490 e. The van der Waals surface area contributed by atoms with Gasteiger partial charge >= 0.3 is 0 Å². The topological polar surface area (TPSA) is 35.5 Å². The Hall–Kier alpha value is -2.49. The number of para-hydroxylation sites is 1. The maximum Gasteiger partial charge on any atom is 0.194 e. The van der Waals surface area contributed by atoms with E-state index in [4.69, 9.17) is 32.7 Å². The van der Waals surface area contributed by atoms with E-state index in [-0.39, 0.29) is 5.78 Å². The predicted molar refractivity (Wildman–Crippen MR) is 104 cm³/mol. The van der Waals surface area contributed by atoms with Crippen molar-refractivity contribution in [3.05, 3.63) is 94.0 Å². The lowest BCUT2D eigenvalue weighted by Gasteiger charge is -2.12. The van der Waals surface area contributed by atoms with Crippen molar-refractivity contribution in [1.29, 1.82) is 0 Å². The van der Waals surface area contributed by atoms with Gasteiger partial charge in [0.25, 0.3) is 0 Å². The fourth-order valence-corrected chi connectivity index (χ4v) is 2.84. The molecule has 0 heterocycles. The molecule has 0 radical (unpaired) electrons. The van der Waals surface area contributed by atoms with Crippen LogP contribution in [0.15, 0.2) is 72.8 Å². The summed E-state index contributed by atoms with van der Waals surface area (Å²) in [6.45, 7) is 0.666. The van der Waals surface area contributed by atoms with Gasteiger partial charge in [-0.1, -0.05) is 71.7 Å². The summed E-state index contributed by atoms with van der Waals surface area (Å²) >= 11 is 12.5. The predicted octanol–water partition coefficient (Wildman–Crippen LogP) is 5.68. The van der Waals surface area contributed by atoms with Crippen molar-refractivity contribution < 1.29 is 14.3 Å². The van der Waals surface area contributed by atoms with E-state index in [0.717, 1.165) is 5.75 Å². The van der Waals surface area contributed by atoms with Crippen LogP contribution in [0.25, 0.3) is 0 Å². The molecule has 0 spiro atoms. The molecule has 0 aromatic heterocycles. The molecule has 0 aliphatic heterocycles. The fraction of sp³-hybridized carbons (Fsp3) is 0.0952. The molecule has 132 valence electrons. The summed E-state index contributed by atoms with van der Waals surface area (Å²) < 4.78 is 11.2.